The first-order valence-corrected chi connectivity index (χ1v) is 11.2. The molecule has 1 aliphatic rings. The van der Waals surface area contributed by atoms with Crippen molar-refractivity contribution in [2.75, 3.05) is 13.1 Å². The van der Waals surface area contributed by atoms with Crippen LogP contribution in [-0.4, -0.2) is 42.1 Å². The highest BCUT2D eigenvalue weighted by Gasteiger charge is 2.40. The first-order chi connectivity index (χ1) is 15.7. The molecule has 1 fully saturated rings. The summed E-state index contributed by atoms with van der Waals surface area (Å²) in [7, 11) is 0. The standard InChI is InChI=1S/C21H12BrCl3F6N2O/c22-14-5-10(1-3-12(14)19(34)33-8-17(33)32-9-20(26,27)28)2-4-13(21(29,30)31)11-6-15(23)18(25)16(24)7-11/h1-7,13H,8-9H2/b4-2-,32-17?. The zero-order chi connectivity index (χ0) is 25.4. The molecule has 2 aromatic carbocycles. The van der Waals surface area contributed by atoms with Crippen LogP contribution >= 0.6 is 50.7 Å². The molecular weight excluding hydrogens is 596 g/mol. The lowest BCUT2D eigenvalue weighted by Crippen LogP contribution is -2.19. The Balaban J connectivity index is 1.80. The predicted octanol–water partition coefficient (Wildman–Crippen LogP) is 8.19. The Kier molecular flexibility index (Phi) is 7.96. The number of carbonyl (C=O) groups excluding carboxylic acids is 1. The van der Waals surface area contributed by atoms with Gasteiger partial charge in [0.2, 0.25) is 0 Å². The molecule has 3 rings (SSSR count). The number of aliphatic imine (C=N–C) groups is 1. The molecule has 0 aromatic heterocycles. The van der Waals surface area contributed by atoms with E-state index in [1.165, 1.54) is 24.3 Å². The van der Waals surface area contributed by atoms with E-state index in [0.29, 0.717) is 5.56 Å². The molecule has 0 saturated carbocycles. The van der Waals surface area contributed by atoms with E-state index in [1.54, 1.807) is 0 Å². The fourth-order valence-electron chi connectivity index (χ4n) is 2.94. The van der Waals surface area contributed by atoms with Gasteiger partial charge in [0.15, 0.2) is 0 Å². The van der Waals surface area contributed by atoms with E-state index in [9.17, 15) is 31.1 Å². The van der Waals surface area contributed by atoms with Crippen molar-refractivity contribution < 1.29 is 31.1 Å². The largest absolute Gasteiger partial charge is 0.408 e. The summed E-state index contributed by atoms with van der Waals surface area (Å²) in [6.45, 7) is -1.41. The van der Waals surface area contributed by atoms with Crippen LogP contribution in [0.15, 0.2) is 45.9 Å². The third kappa shape index (κ3) is 6.68. The van der Waals surface area contributed by atoms with Crippen molar-refractivity contribution in [2.45, 2.75) is 18.3 Å². The van der Waals surface area contributed by atoms with Crippen LogP contribution in [0.2, 0.25) is 15.1 Å². The molecule has 1 amide bonds. The Bertz CT molecular complexity index is 1160. The molecule has 0 bridgehead atoms. The number of rotatable bonds is 5. The predicted molar refractivity (Wildman–Crippen MR) is 123 cm³/mol. The number of hydrogen-bond acceptors (Lipinski definition) is 2. The fraction of sp³-hybridized carbons (Fsp3) is 0.238. The van der Waals surface area contributed by atoms with E-state index in [0.717, 1.165) is 23.1 Å². The second-order valence-corrected chi connectivity index (χ2v) is 9.20. The van der Waals surface area contributed by atoms with Crippen molar-refractivity contribution in [2.24, 2.45) is 4.99 Å². The normalized spacial score (nSPS) is 16.4. The highest BCUT2D eigenvalue weighted by atomic mass is 79.9. The van der Waals surface area contributed by atoms with E-state index >= 15 is 0 Å². The molecule has 1 aliphatic heterocycles. The zero-order valence-corrected chi connectivity index (χ0v) is 20.5. The van der Waals surface area contributed by atoms with Crippen LogP contribution in [0.25, 0.3) is 6.08 Å². The van der Waals surface area contributed by atoms with Crippen LogP contribution < -0.4 is 0 Å². The molecule has 0 spiro atoms. The average Bonchev–Trinajstić information content (AvgIpc) is 3.48. The molecule has 1 unspecified atom stereocenters. The summed E-state index contributed by atoms with van der Waals surface area (Å²) in [6, 6.07) is 6.33. The summed E-state index contributed by atoms with van der Waals surface area (Å²) < 4.78 is 78.1. The van der Waals surface area contributed by atoms with Crippen molar-refractivity contribution in [1.29, 1.82) is 0 Å². The topological polar surface area (TPSA) is 32.4 Å². The van der Waals surface area contributed by atoms with Gasteiger partial charge in [-0.1, -0.05) is 53.0 Å². The molecule has 1 saturated heterocycles. The summed E-state index contributed by atoms with van der Waals surface area (Å²) in [5.74, 6) is -2.61. The van der Waals surface area contributed by atoms with Gasteiger partial charge in [-0.25, -0.2) is 0 Å². The van der Waals surface area contributed by atoms with E-state index in [1.807, 2.05) is 0 Å². The minimum atomic E-state index is -4.66. The van der Waals surface area contributed by atoms with E-state index in [4.69, 9.17) is 34.8 Å². The fourth-order valence-corrected chi connectivity index (χ4v) is 4.12. The van der Waals surface area contributed by atoms with Gasteiger partial charge in [-0.2, -0.15) is 26.3 Å². The van der Waals surface area contributed by atoms with Crippen LogP contribution in [0.1, 0.15) is 27.4 Å². The van der Waals surface area contributed by atoms with Crippen LogP contribution in [0, 0.1) is 0 Å². The number of allylic oxidation sites excluding steroid dienone is 1. The summed E-state index contributed by atoms with van der Waals surface area (Å²) in [5, 5.41) is -0.296. The maximum atomic E-state index is 13.7. The summed E-state index contributed by atoms with van der Waals surface area (Å²) in [4.78, 5) is 16.9. The number of amides is 1. The Morgan fingerprint density at radius 1 is 1.09 bits per heavy atom. The van der Waals surface area contributed by atoms with Gasteiger partial charge in [0.05, 0.1) is 33.1 Å². The monoisotopic (exact) mass is 606 g/mol. The second-order valence-electron chi connectivity index (χ2n) is 7.16. The number of hydrogen-bond donors (Lipinski definition) is 0. The smallest absolute Gasteiger partial charge is 0.287 e. The van der Waals surface area contributed by atoms with Gasteiger partial charge >= 0.3 is 12.4 Å². The van der Waals surface area contributed by atoms with Crippen molar-refractivity contribution in [1.82, 2.24) is 4.90 Å². The molecule has 13 heteroatoms. The molecule has 0 aliphatic carbocycles. The minimum Gasteiger partial charge on any atom is -0.287 e. The van der Waals surface area contributed by atoms with Crippen LogP contribution in [0.4, 0.5) is 26.3 Å². The van der Waals surface area contributed by atoms with Crippen LogP contribution in [0.3, 0.4) is 0 Å². The number of halogens is 10. The molecular formula is C21H12BrCl3F6N2O. The molecule has 1 atom stereocenters. The van der Waals surface area contributed by atoms with Gasteiger partial charge in [0.1, 0.15) is 12.4 Å². The van der Waals surface area contributed by atoms with Gasteiger partial charge in [-0.05, 0) is 51.3 Å². The summed E-state index contributed by atoms with van der Waals surface area (Å²) in [5.41, 5.74) is 0.250. The van der Waals surface area contributed by atoms with Gasteiger partial charge in [0, 0.05) is 4.47 Å². The molecule has 182 valence electrons. The molecule has 0 radical (unpaired) electrons. The number of carbonyl (C=O) groups is 1. The Morgan fingerprint density at radius 3 is 2.24 bits per heavy atom. The molecule has 2 aromatic rings. The molecule has 0 N–H and O–H groups in total. The number of alkyl halides is 6. The van der Waals surface area contributed by atoms with Crippen LogP contribution in [-0.2, 0) is 0 Å². The van der Waals surface area contributed by atoms with Gasteiger partial charge < -0.3 is 0 Å². The van der Waals surface area contributed by atoms with Gasteiger partial charge in [-0.15, -0.1) is 0 Å². The lowest BCUT2D eigenvalue weighted by molar-refractivity contribution is -0.139. The lowest BCUT2D eigenvalue weighted by atomic mass is 9.97. The lowest BCUT2D eigenvalue weighted by Gasteiger charge is -2.18. The first kappa shape index (κ1) is 26.8. The maximum absolute atomic E-state index is 13.7. The van der Waals surface area contributed by atoms with Crippen molar-refractivity contribution >= 4 is 68.6 Å². The molecule has 1 heterocycles. The number of nitrogens with zero attached hydrogens (tertiary/aromatic N) is 2. The van der Waals surface area contributed by atoms with Crippen molar-refractivity contribution in [3.63, 3.8) is 0 Å². The molecule has 3 nitrogen and oxygen atoms in total. The third-order valence-corrected chi connectivity index (χ3v) is 6.47. The Labute approximate surface area is 213 Å². The van der Waals surface area contributed by atoms with E-state index in [2.05, 4.69) is 20.9 Å². The highest BCUT2D eigenvalue weighted by molar-refractivity contribution is 9.10. The van der Waals surface area contributed by atoms with E-state index in [-0.39, 0.29) is 43.0 Å². The molecule has 34 heavy (non-hydrogen) atoms. The van der Waals surface area contributed by atoms with E-state index < -0.39 is 30.7 Å². The third-order valence-electron chi connectivity index (χ3n) is 4.62. The second kappa shape index (κ2) is 10.1. The Morgan fingerprint density at radius 2 is 1.71 bits per heavy atom. The number of amidine groups is 1. The average molecular weight is 609 g/mol. The zero-order valence-electron chi connectivity index (χ0n) is 16.6. The maximum Gasteiger partial charge on any atom is 0.408 e. The summed E-state index contributed by atoms with van der Waals surface area (Å²) in [6.07, 6.45) is -7.02. The quantitative estimate of drug-likeness (QED) is 0.191. The highest BCUT2D eigenvalue weighted by Crippen LogP contribution is 2.41. The van der Waals surface area contributed by atoms with Gasteiger partial charge in [-0.3, -0.25) is 14.7 Å². The SMILES string of the molecule is O=C(c1ccc(/C=C\C(c2cc(Cl)c(Cl)c(Cl)c2)C(F)(F)F)cc1Br)N1CC1=NCC(F)(F)F. The van der Waals surface area contributed by atoms with Crippen molar-refractivity contribution in [3.05, 3.63) is 72.6 Å². The Hall–Kier alpha value is -1.75. The minimum absolute atomic E-state index is 0.00602. The van der Waals surface area contributed by atoms with Crippen LogP contribution in [0.5, 0.6) is 0 Å². The first-order valence-electron chi connectivity index (χ1n) is 9.28. The van der Waals surface area contributed by atoms with Gasteiger partial charge in [0.25, 0.3) is 5.91 Å². The summed E-state index contributed by atoms with van der Waals surface area (Å²) >= 11 is 20.7. The number of benzene rings is 2. The van der Waals surface area contributed by atoms with Crippen molar-refractivity contribution in [3.8, 4) is 0 Å².